The summed E-state index contributed by atoms with van der Waals surface area (Å²) in [6.07, 6.45) is -4.36. The minimum Gasteiger partial charge on any atom is -0.489 e. The van der Waals surface area contributed by atoms with Gasteiger partial charge in [0.2, 0.25) is 0 Å². The summed E-state index contributed by atoms with van der Waals surface area (Å²) in [6, 6.07) is 21.9. The lowest BCUT2D eigenvalue weighted by atomic mass is 10.1. The van der Waals surface area contributed by atoms with Crippen LogP contribution in [0.1, 0.15) is 21.6 Å². The van der Waals surface area contributed by atoms with Crippen LogP contribution in [0.15, 0.2) is 83.8 Å². The summed E-state index contributed by atoms with van der Waals surface area (Å²) >= 11 is 3.16. The number of benzene rings is 3. The highest BCUT2D eigenvalue weighted by Crippen LogP contribution is 2.38. The molecular weight excluding hydrogens is 465 g/mol. The molecule has 1 aromatic heterocycles. The Hall–Kier alpha value is -2.90. The summed E-state index contributed by atoms with van der Waals surface area (Å²) in [5, 5.41) is 11.7. The number of rotatable bonds is 7. The normalized spacial score (nSPS) is 11.5. The van der Waals surface area contributed by atoms with Crippen molar-refractivity contribution in [3.8, 4) is 21.9 Å². The van der Waals surface area contributed by atoms with Crippen LogP contribution in [0.3, 0.4) is 0 Å². The van der Waals surface area contributed by atoms with Gasteiger partial charge in [-0.25, -0.2) is 0 Å². The Morgan fingerprint density at radius 2 is 1.67 bits per heavy atom. The van der Waals surface area contributed by atoms with Gasteiger partial charge in [0.25, 0.3) is 0 Å². The maximum Gasteiger partial charge on any atom is 0.416 e. The molecule has 4 aromatic rings. The Balaban J connectivity index is 1.58. The number of ether oxygens (including phenoxy) is 1. The molecular formula is C26H20F3O2S2. The lowest BCUT2D eigenvalue weighted by molar-refractivity contribution is -0.137. The summed E-state index contributed by atoms with van der Waals surface area (Å²) < 4.78 is 44.7. The van der Waals surface area contributed by atoms with Gasteiger partial charge in [-0.1, -0.05) is 30.3 Å². The number of hydrogen-bond donors (Lipinski definition) is 0. The second-order valence-electron chi connectivity index (χ2n) is 7.45. The number of thioether (sulfide) groups is 1. The van der Waals surface area contributed by atoms with Crippen molar-refractivity contribution in [3.05, 3.63) is 100 Å². The van der Waals surface area contributed by atoms with Crippen molar-refractivity contribution in [2.45, 2.75) is 30.4 Å². The van der Waals surface area contributed by atoms with Crippen molar-refractivity contribution in [3.63, 3.8) is 0 Å². The van der Waals surface area contributed by atoms with Crippen molar-refractivity contribution in [2.24, 2.45) is 0 Å². The molecule has 4 rings (SSSR count). The van der Waals surface area contributed by atoms with E-state index >= 15 is 0 Å². The SMILES string of the molecule is Cc1cc(SCc2sc(-c3ccc(C(F)(F)F)cc3)cc2COc2ccccc2)ccc1[O]. The fourth-order valence-corrected chi connectivity index (χ4v) is 5.50. The van der Waals surface area contributed by atoms with Gasteiger partial charge in [0.15, 0.2) is 5.75 Å². The van der Waals surface area contributed by atoms with Gasteiger partial charge >= 0.3 is 6.18 Å². The summed E-state index contributed by atoms with van der Waals surface area (Å²) in [4.78, 5) is 2.96. The van der Waals surface area contributed by atoms with Gasteiger partial charge in [0.1, 0.15) is 12.4 Å². The van der Waals surface area contributed by atoms with E-state index in [0.29, 0.717) is 17.9 Å². The lowest BCUT2D eigenvalue weighted by Gasteiger charge is -2.07. The first-order valence-electron chi connectivity index (χ1n) is 10.2. The van der Waals surface area contributed by atoms with Gasteiger partial charge in [0, 0.05) is 26.0 Å². The van der Waals surface area contributed by atoms with Crippen LogP contribution in [-0.4, -0.2) is 0 Å². The zero-order valence-electron chi connectivity index (χ0n) is 17.7. The Morgan fingerprint density at radius 1 is 0.939 bits per heavy atom. The van der Waals surface area contributed by atoms with E-state index in [9.17, 15) is 18.3 Å². The molecule has 7 heteroatoms. The van der Waals surface area contributed by atoms with Crippen LogP contribution in [0.5, 0.6) is 11.5 Å². The van der Waals surface area contributed by atoms with Crippen molar-refractivity contribution in [1.82, 2.24) is 0 Å². The van der Waals surface area contributed by atoms with Crippen LogP contribution < -0.4 is 4.74 Å². The number of alkyl halides is 3. The zero-order chi connectivity index (χ0) is 23.4. The largest absolute Gasteiger partial charge is 0.489 e. The molecule has 0 spiro atoms. The van der Waals surface area contributed by atoms with Gasteiger partial charge in [-0.3, -0.25) is 5.11 Å². The molecule has 0 aliphatic rings. The predicted molar refractivity (Wildman–Crippen MR) is 126 cm³/mol. The first-order chi connectivity index (χ1) is 15.8. The number of para-hydroxylation sites is 1. The van der Waals surface area contributed by atoms with Gasteiger partial charge in [-0.2, -0.15) is 13.2 Å². The maximum absolute atomic E-state index is 12.9. The third kappa shape index (κ3) is 5.92. The molecule has 1 heterocycles. The fraction of sp³-hybridized carbons (Fsp3) is 0.154. The highest BCUT2D eigenvalue weighted by molar-refractivity contribution is 7.98. The summed E-state index contributed by atoms with van der Waals surface area (Å²) in [6.45, 7) is 2.15. The van der Waals surface area contributed by atoms with E-state index < -0.39 is 11.7 Å². The Labute approximate surface area is 198 Å². The maximum atomic E-state index is 12.9. The molecule has 0 saturated heterocycles. The van der Waals surface area contributed by atoms with Gasteiger partial charge in [-0.05, 0) is 66.6 Å². The van der Waals surface area contributed by atoms with Crippen molar-refractivity contribution < 1.29 is 23.0 Å². The molecule has 0 unspecified atom stereocenters. The van der Waals surface area contributed by atoms with Crippen LogP contribution >= 0.6 is 23.1 Å². The molecule has 0 saturated carbocycles. The van der Waals surface area contributed by atoms with E-state index in [1.807, 2.05) is 48.5 Å². The minimum atomic E-state index is -4.36. The average Bonchev–Trinajstić information content (AvgIpc) is 3.22. The minimum absolute atomic E-state index is 0.0111. The van der Waals surface area contributed by atoms with Crippen molar-refractivity contribution >= 4 is 23.1 Å². The molecule has 33 heavy (non-hydrogen) atoms. The molecule has 0 fully saturated rings. The number of halogens is 3. The van der Waals surface area contributed by atoms with Crippen molar-refractivity contribution in [2.75, 3.05) is 0 Å². The average molecular weight is 486 g/mol. The van der Waals surface area contributed by atoms with Crippen LogP contribution in [-0.2, 0) is 23.6 Å². The topological polar surface area (TPSA) is 29.1 Å². The number of thiophene rings is 1. The monoisotopic (exact) mass is 485 g/mol. The molecule has 0 aliphatic heterocycles. The standard InChI is InChI=1S/C26H20F3O2S2/c1-17-13-22(11-12-23(17)30)32-16-25-19(15-31-21-5-3-2-4-6-21)14-24(33-25)18-7-9-20(10-8-18)26(27,28)29/h2-14H,15-16H2,1H3. The first-order valence-corrected chi connectivity index (χ1v) is 12.0. The van der Waals surface area contributed by atoms with E-state index in [-0.39, 0.29) is 5.75 Å². The lowest BCUT2D eigenvalue weighted by Crippen LogP contribution is -2.03. The molecule has 0 atom stereocenters. The second-order valence-corrected chi connectivity index (χ2v) is 9.64. The third-order valence-electron chi connectivity index (χ3n) is 5.05. The van der Waals surface area contributed by atoms with E-state index in [1.165, 1.54) is 12.1 Å². The van der Waals surface area contributed by atoms with E-state index in [0.717, 1.165) is 43.7 Å². The van der Waals surface area contributed by atoms with Crippen LogP contribution in [0.25, 0.3) is 10.4 Å². The smallest absolute Gasteiger partial charge is 0.416 e. The van der Waals surface area contributed by atoms with E-state index in [2.05, 4.69) is 0 Å². The third-order valence-corrected chi connectivity index (χ3v) is 7.48. The highest BCUT2D eigenvalue weighted by atomic mass is 32.2. The van der Waals surface area contributed by atoms with Crippen LogP contribution in [0.2, 0.25) is 0 Å². The molecule has 0 N–H and O–H groups in total. The molecule has 169 valence electrons. The van der Waals surface area contributed by atoms with E-state index in [1.54, 1.807) is 36.1 Å². The molecule has 2 nitrogen and oxygen atoms in total. The summed E-state index contributed by atoms with van der Waals surface area (Å²) in [5.41, 5.74) is 1.76. The Bertz CT molecular complexity index is 1220. The first kappa shape index (κ1) is 23.3. The quantitative estimate of drug-likeness (QED) is 0.245. The molecule has 0 aliphatic carbocycles. The van der Waals surface area contributed by atoms with Gasteiger partial charge < -0.3 is 4.74 Å². The van der Waals surface area contributed by atoms with Crippen molar-refractivity contribution in [1.29, 1.82) is 0 Å². The van der Waals surface area contributed by atoms with Crippen LogP contribution in [0, 0.1) is 6.92 Å². The summed E-state index contributed by atoms with van der Waals surface area (Å²) in [5.74, 6) is 1.42. The summed E-state index contributed by atoms with van der Waals surface area (Å²) in [7, 11) is 0. The van der Waals surface area contributed by atoms with E-state index in [4.69, 9.17) is 4.74 Å². The van der Waals surface area contributed by atoms with Gasteiger partial charge in [-0.15, -0.1) is 23.1 Å². The molecule has 0 amide bonds. The van der Waals surface area contributed by atoms with Gasteiger partial charge in [0.05, 0.1) is 5.56 Å². The Morgan fingerprint density at radius 3 is 2.33 bits per heavy atom. The van der Waals surface area contributed by atoms with Crippen LogP contribution in [0.4, 0.5) is 13.2 Å². The molecule has 0 bridgehead atoms. The highest BCUT2D eigenvalue weighted by Gasteiger charge is 2.30. The Kier molecular flexibility index (Phi) is 7.00. The second kappa shape index (κ2) is 9.93. The fourth-order valence-electron chi connectivity index (χ4n) is 3.21. The predicted octanol–water partition coefficient (Wildman–Crippen LogP) is 8.76. The zero-order valence-corrected chi connectivity index (χ0v) is 19.3. The molecule has 3 aromatic carbocycles. The number of aryl methyl sites for hydroxylation is 1. The number of hydrogen-bond acceptors (Lipinski definition) is 3. The molecule has 1 radical (unpaired) electrons.